The number of thiophene rings is 1. The molecule has 3 rings (SSSR count). The molecule has 1 aromatic rings. The smallest absolute Gasteiger partial charge is 0.194 e. The number of hydrogen-bond donors (Lipinski definition) is 2. The molecule has 2 fully saturated rings. The van der Waals surface area contributed by atoms with Crippen molar-refractivity contribution in [1.82, 2.24) is 15.1 Å². The number of rotatable bonds is 5. The fourth-order valence-corrected chi connectivity index (χ4v) is 4.57. The fraction of sp³-hybridized carbons (Fsp3) is 0.706. The molecule has 5 nitrogen and oxygen atoms in total. The van der Waals surface area contributed by atoms with Gasteiger partial charge in [-0.25, -0.2) is 0 Å². The standard InChI is InChI=1S/C17H27ClN4OS/c1-2-19-17(20-11-14(23)15-5-6-16(18)24-15)22-10-7-13(12-22)21-8-3-4-9-21/h5-6,13-14,23H,2-4,7-12H2,1H3,(H,19,20). The minimum atomic E-state index is -0.590. The lowest BCUT2D eigenvalue weighted by Gasteiger charge is -2.25. The Morgan fingerprint density at radius 3 is 2.88 bits per heavy atom. The van der Waals surface area contributed by atoms with Crippen LogP contribution in [0.25, 0.3) is 0 Å². The topological polar surface area (TPSA) is 51.1 Å². The van der Waals surface area contributed by atoms with E-state index in [4.69, 9.17) is 11.6 Å². The van der Waals surface area contributed by atoms with Crippen LogP contribution in [0.2, 0.25) is 4.34 Å². The molecule has 0 saturated carbocycles. The average molecular weight is 371 g/mol. The summed E-state index contributed by atoms with van der Waals surface area (Å²) in [5.74, 6) is 0.918. The van der Waals surface area contributed by atoms with E-state index < -0.39 is 6.10 Å². The van der Waals surface area contributed by atoms with Gasteiger partial charge >= 0.3 is 0 Å². The van der Waals surface area contributed by atoms with Crippen LogP contribution in [0.15, 0.2) is 17.1 Å². The second-order valence-electron chi connectivity index (χ2n) is 6.48. The number of nitrogens with zero attached hydrogens (tertiary/aromatic N) is 3. The van der Waals surface area contributed by atoms with Gasteiger partial charge in [0.1, 0.15) is 6.10 Å². The number of hydrogen-bond acceptors (Lipinski definition) is 4. The SMILES string of the molecule is CCNC(=NCC(O)c1ccc(Cl)s1)N1CCC(N2CCCC2)C1. The van der Waals surface area contributed by atoms with E-state index in [2.05, 4.69) is 27.0 Å². The normalized spacial score (nSPS) is 23.9. The molecule has 0 spiro atoms. The molecule has 0 aromatic carbocycles. The molecule has 2 saturated heterocycles. The van der Waals surface area contributed by atoms with Crippen molar-refractivity contribution >= 4 is 28.9 Å². The summed E-state index contributed by atoms with van der Waals surface area (Å²) >= 11 is 7.36. The molecule has 2 unspecified atom stereocenters. The van der Waals surface area contributed by atoms with Crippen LogP contribution >= 0.6 is 22.9 Å². The zero-order chi connectivity index (χ0) is 16.9. The molecule has 2 atom stereocenters. The van der Waals surface area contributed by atoms with Gasteiger partial charge < -0.3 is 15.3 Å². The molecule has 7 heteroatoms. The van der Waals surface area contributed by atoms with Gasteiger partial charge in [-0.05, 0) is 51.4 Å². The van der Waals surface area contributed by atoms with E-state index in [-0.39, 0.29) is 0 Å². The van der Waals surface area contributed by atoms with Crippen molar-refractivity contribution in [2.75, 3.05) is 39.3 Å². The number of aliphatic hydroxyl groups is 1. The lowest BCUT2D eigenvalue weighted by Crippen LogP contribution is -2.42. The van der Waals surface area contributed by atoms with E-state index in [0.29, 0.717) is 16.9 Å². The zero-order valence-corrected chi connectivity index (χ0v) is 15.8. The van der Waals surface area contributed by atoms with Crippen molar-refractivity contribution in [2.45, 2.75) is 38.3 Å². The number of likely N-dealkylation sites (tertiary alicyclic amines) is 2. The van der Waals surface area contributed by atoms with Crippen molar-refractivity contribution in [3.8, 4) is 0 Å². The Morgan fingerprint density at radius 2 is 2.21 bits per heavy atom. The Hall–Kier alpha value is -0.820. The molecule has 2 aliphatic heterocycles. The van der Waals surface area contributed by atoms with Gasteiger partial charge in [0.15, 0.2) is 5.96 Å². The van der Waals surface area contributed by atoms with Crippen LogP contribution in [-0.2, 0) is 0 Å². The maximum atomic E-state index is 10.3. The lowest BCUT2D eigenvalue weighted by atomic mass is 10.2. The first-order chi connectivity index (χ1) is 11.7. The van der Waals surface area contributed by atoms with E-state index in [1.165, 1.54) is 43.7 Å². The molecule has 2 N–H and O–H groups in total. The number of aliphatic hydroxyl groups excluding tert-OH is 1. The van der Waals surface area contributed by atoms with Crippen LogP contribution in [0, 0.1) is 0 Å². The van der Waals surface area contributed by atoms with Crippen LogP contribution in [0.1, 0.15) is 37.2 Å². The predicted molar refractivity (Wildman–Crippen MR) is 101 cm³/mol. The molecule has 24 heavy (non-hydrogen) atoms. The maximum absolute atomic E-state index is 10.3. The fourth-order valence-electron chi connectivity index (χ4n) is 3.54. The molecule has 0 bridgehead atoms. The lowest BCUT2D eigenvalue weighted by molar-refractivity contribution is 0.190. The van der Waals surface area contributed by atoms with Crippen LogP contribution in [0.5, 0.6) is 0 Å². The van der Waals surface area contributed by atoms with Crippen molar-refractivity contribution in [3.05, 3.63) is 21.3 Å². The average Bonchev–Trinajstić information content (AvgIpc) is 3.30. The first-order valence-electron chi connectivity index (χ1n) is 8.88. The first kappa shape index (κ1) is 18.0. The third-order valence-electron chi connectivity index (χ3n) is 4.79. The number of aliphatic imine (C=N–C) groups is 1. The minimum Gasteiger partial charge on any atom is -0.386 e. The third kappa shape index (κ3) is 4.42. The third-order valence-corrected chi connectivity index (χ3v) is 6.12. The van der Waals surface area contributed by atoms with Crippen molar-refractivity contribution in [3.63, 3.8) is 0 Å². The van der Waals surface area contributed by atoms with Gasteiger partial charge in [0.2, 0.25) is 0 Å². The van der Waals surface area contributed by atoms with Gasteiger partial charge in [-0.1, -0.05) is 11.6 Å². The second-order valence-corrected chi connectivity index (χ2v) is 8.23. The number of halogens is 1. The quantitative estimate of drug-likeness (QED) is 0.618. The maximum Gasteiger partial charge on any atom is 0.194 e. The van der Waals surface area contributed by atoms with Crippen LogP contribution < -0.4 is 5.32 Å². The van der Waals surface area contributed by atoms with Gasteiger partial charge in [-0.2, -0.15) is 0 Å². The summed E-state index contributed by atoms with van der Waals surface area (Å²) < 4.78 is 0.702. The molecular formula is C17H27ClN4OS. The minimum absolute atomic E-state index is 0.365. The summed E-state index contributed by atoms with van der Waals surface area (Å²) in [6, 6.07) is 4.34. The van der Waals surface area contributed by atoms with Gasteiger partial charge in [0, 0.05) is 30.6 Å². The predicted octanol–water partition coefficient (Wildman–Crippen LogP) is 2.57. The number of guanidine groups is 1. The van der Waals surface area contributed by atoms with Gasteiger partial charge in [-0.15, -0.1) is 11.3 Å². The molecule has 0 amide bonds. The number of nitrogens with one attached hydrogen (secondary N) is 1. The van der Waals surface area contributed by atoms with Crippen molar-refractivity contribution in [2.24, 2.45) is 4.99 Å². The highest BCUT2D eigenvalue weighted by molar-refractivity contribution is 7.16. The molecule has 0 aliphatic carbocycles. The Morgan fingerprint density at radius 1 is 1.42 bits per heavy atom. The summed E-state index contributed by atoms with van der Waals surface area (Å²) in [6.07, 6.45) is 3.28. The van der Waals surface area contributed by atoms with Crippen molar-refractivity contribution in [1.29, 1.82) is 0 Å². The van der Waals surface area contributed by atoms with Crippen molar-refractivity contribution < 1.29 is 5.11 Å². The van der Waals surface area contributed by atoms with E-state index in [1.807, 2.05) is 12.1 Å². The van der Waals surface area contributed by atoms with E-state index in [1.54, 1.807) is 0 Å². The van der Waals surface area contributed by atoms with E-state index >= 15 is 0 Å². The molecule has 134 valence electrons. The highest BCUT2D eigenvalue weighted by Gasteiger charge is 2.30. The highest BCUT2D eigenvalue weighted by atomic mass is 35.5. The van der Waals surface area contributed by atoms with Crippen LogP contribution in [0.4, 0.5) is 0 Å². The van der Waals surface area contributed by atoms with E-state index in [9.17, 15) is 5.11 Å². The first-order valence-corrected chi connectivity index (χ1v) is 10.1. The highest BCUT2D eigenvalue weighted by Crippen LogP contribution is 2.27. The summed E-state index contributed by atoms with van der Waals surface area (Å²) in [5, 5.41) is 13.7. The molecule has 2 aliphatic rings. The molecular weight excluding hydrogens is 344 g/mol. The molecule has 0 radical (unpaired) electrons. The Kier molecular flexibility index (Phi) is 6.38. The van der Waals surface area contributed by atoms with Crippen LogP contribution in [0.3, 0.4) is 0 Å². The zero-order valence-electron chi connectivity index (χ0n) is 14.2. The summed E-state index contributed by atoms with van der Waals surface area (Å²) in [6.45, 7) is 7.84. The summed E-state index contributed by atoms with van der Waals surface area (Å²) in [5.41, 5.74) is 0. The second kappa shape index (κ2) is 8.52. The Balaban J connectivity index is 1.59. The molecule has 1 aromatic heterocycles. The Bertz CT molecular complexity index is 559. The monoisotopic (exact) mass is 370 g/mol. The largest absolute Gasteiger partial charge is 0.386 e. The summed E-state index contributed by atoms with van der Waals surface area (Å²) in [7, 11) is 0. The van der Waals surface area contributed by atoms with Crippen LogP contribution in [-0.4, -0.2) is 66.2 Å². The van der Waals surface area contributed by atoms with Gasteiger partial charge in [0.05, 0.1) is 10.9 Å². The van der Waals surface area contributed by atoms with Gasteiger partial charge in [-0.3, -0.25) is 9.89 Å². The summed E-state index contributed by atoms with van der Waals surface area (Å²) in [4.78, 5) is 10.5. The Labute approximate surface area is 153 Å². The molecule has 3 heterocycles. The van der Waals surface area contributed by atoms with Gasteiger partial charge in [0.25, 0.3) is 0 Å². The van der Waals surface area contributed by atoms with E-state index in [0.717, 1.165) is 30.5 Å².